The molecule has 0 fully saturated rings. The summed E-state index contributed by atoms with van der Waals surface area (Å²) in [6.07, 6.45) is 4.10. The van der Waals surface area contributed by atoms with Crippen LogP contribution >= 0.6 is 0 Å². The Labute approximate surface area is 94.5 Å². The molecule has 0 spiro atoms. The van der Waals surface area contributed by atoms with E-state index in [1.165, 1.54) is 5.56 Å². The third-order valence-electron chi connectivity index (χ3n) is 1.55. The Balaban J connectivity index is 0. The first-order chi connectivity index (χ1) is 4.97. The van der Waals surface area contributed by atoms with Crippen LogP contribution in [0.1, 0.15) is 13.0 Å². The van der Waals surface area contributed by atoms with Gasteiger partial charge in [-0.05, 0) is 12.1 Å². The number of hydrogen-bond acceptors (Lipinski definition) is 2. The molecule has 70 valence electrons. The molecule has 1 heterocycles. The molecule has 0 saturated carbocycles. The summed E-state index contributed by atoms with van der Waals surface area (Å²) in [4.78, 5) is 0. The maximum atomic E-state index is 5.34. The fourth-order valence-electron chi connectivity index (χ4n) is 1.06. The molecule has 0 bridgehead atoms. The molecule has 1 aromatic carbocycles. The molecular formula is C10H15NOTi. The Morgan fingerprint density at radius 2 is 1.85 bits per heavy atom. The van der Waals surface area contributed by atoms with E-state index < -0.39 is 0 Å². The van der Waals surface area contributed by atoms with Gasteiger partial charge in [0.1, 0.15) is 12.4 Å². The first kappa shape index (κ1) is 14.9. The molecule has 3 N–H and O–H groups in total. The number of hydrogen-bond donors (Lipinski definition) is 1. The molecule has 1 aliphatic rings. The van der Waals surface area contributed by atoms with Crippen molar-refractivity contribution in [1.82, 2.24) is 6.15 Å². The minimum absolute atomic E-state index is 0. The number of para-hydroxylation sites is 1. The molecule has 1 aliphatic heterocycles. The Hall–Kier alpha value is -0.566. The molecule has 0 unspecified atom stereocenters. The SMILES string of the molecule is C.C1=Cc2ccccc2OC1.N.[Ti]. The third kappa shape index (κ3) is 3.35. The largest absolute Gasteiger partial charge is 0.489 e. The molecule has 1 aromatic rings. The number of benzene rings is 1. The van der Waals surface area contributed by atoms with Crippen LogP contribution in [-0.2, 0) is 21.7 Å². The van der Waals surface area contributed by atoms with Crippen LogP contribution in [0, 0.1) is 0 Å². The van der Waals surface area contributed by atoms with E-state index in [4.69, 9.17) is 4.74 Å². The van der Waals surface area contributed by atoms with Gasteiger partial charge >= 0.3 is 0 Å². The van der Waals surface area contributed by atoms with Crippen molar-refractivity contribution >= 4 is 6.08 Å². The molecule has 13 heavy (non-hydrogen) atoms. The molecule has 0 radical (unpaired) electrons. The maximum absolute atomic E-state index is 5.34. The van der Waals surface area contributed by atoms with Gasteiger partial charge in [0, 0.05) is 27.3 Å². The van der Waals surface area contributed by atoms with Gasteiger partial charge in [0.25, 0.3) is 0 Å². The Morgan fingerprint density at radius 1 is 1.15 bits per heavy atom. The summed E-state index contributed by atoms with van der Waals surface area (Å²) in [6.45, 7) is 0.705. The molecular weight excluding hydrogens is 198 g/mol. The Bertz CT molecular complexity index is 273. The molecule has 2 nitrogen and oxygen atoms in total. The van der Waals surface area contributed by atoms with Crippen molar-refractivity contribution < 1.29 is 26.5 Å². The van der Waals surface area contributed by atoms with Crippen LogP contribution in [0.15, 0.2) is 30.3 Å². The van der Waals surface area contributed by atoms with E-state index in [0.717, 1.165) is 5.75 Å². The van der Waals surface area contributed by atoms with E-state index in [9.17, 15) is 0 Å². The summed E-state index contributed by atoms with van der Waals surface area (Å²) < 4.78 is 5.34. The van der Waals surface area contributed by atoms with Crippen LogP contribution in [0.5, 0.6) is 5.75 Å². The quantitative estimate of drug-likeness (QED) is 0.673. The van der Waals surface area contributed by atoms with Crippen LogP contribution in [-0.4, -0.2) is 6.61 Å². The molecule has 0 saturated heterocycles. The Morgan fingerprint density at radius 3 is 2.54 bits per heavy atom. The average Bonchev–Trinajstić information content (AvgIpc) is 2.05. The van der Waals surface area contributed by atoms with E-state index in [0.29, 0.717) is 6.61 Å². The second kappa shape index (κ2) is 6.90. The summed E-state index contributed by atoms with van der Waals surface area (Å²) in [5, 5.41) is 0. The van der Waals surface area contributed by atoms with Gasteiger partial charge in [0.15, 0.2) is 0 Å². The zero-order valence-electron chi connectivity index (χ0n) is 6.79. The normalized spacial score (nSPS) is 10.8. The van der Waals surface area contributed by atoms with Crippen molar-refractivity contribution in [3.05, 3.63) is 35.9 Å². The number of ether oxygens (including phenoxy) is 1. The van der Waals surface area contributed by atoms with Crippen molar-refractivity contribution in [2.75, 3.05) is 6.61 Å². The van der Waals surface area contributed by atoms with Crippen LogP contribution in [0.2, 0.25) is 0 Å². The van der Waals surface area contributed by atoms with Crippen molar-refractivity contribution in [3.8, 4) is 5.75 Å². The standard InChI is InChI=1S/C9H8O.CH4.H3N.Ti/c1-2-6-9-8(4-1)5-3-7-10-9;;;/h1-6H,7H2;1H4;1H3;. The summed E-state index contributed by atoms with van der Waals surface area (Å²) in [5.41, 5.74) is 1.17. The van der Waals surface area contributed by atoms with E-state index in [1.807, 2.05) is 30.3 Å². The third-order valence-corrected chi connectivity index (χ3v) is 1.55. The molecule has 0 atom stereocenters. The Kier molecular flexibility index (Phi) is 7.92. The van der Waals surface area contributed by atoms with Crippen molar-refractivity contribution in [3.63, 3.8) is 0 Å². The van der Waals surface area contributed by atoms with Gasteiger partial charge in [0.05, 0.1) is 0 Å². The van der Waals surface area contributed by atoms with Gasteiger partial charge in [-0.3, -0.25) is 0 Å². The summed E-state index contributed by atoms with van der Waals surface area (Å²) in [6, 6.07) is 8.03. The van der Waals surface area contributed by atoms with Gasteiger partial charge in [-0.2, -0.15) is 0 Å². The van der Waals surface area contributed by atoms with E-state index in [2.05, 4.69) is 6.08 Å². The van der Waals surface area contributed by atoms with Crippen molar-refractivity contribution in [2.45, 2.75) is 7.43 Å². The predicted molar refractivity (Wildman–Crippen MR) is 52.7 cm³/mol. The molecule has 2 rings (SSSR count). The van der Waals surface area contributed by atoms with Gasteiger partial charge in [-0.1, -0.05) is 31.7 Å². The second-order valence-electron chi connectivity index (χ2n) is 2.25. The van der Waals surface area contributed by atoms with Crippen LogP contribution < -0.4 is 10.9 Å². The minimum Gasteiger partial charge on any atom is -0.489 e. The van der Waals surface area contributed by atoms with Gasteiger partial charge in [0.2, 0.25) is 0 Å². The number of fused-ring (bicyclic) bond motifs is 1. The molecule has 0 aromatic heterocycles. The second-order valence-corrected chi connectivity index (χ2v) is 2.25. The smallest absolute Gasteiger partial charge is 0.126 e. The van der Waals surface area contributed by atoms with Crippen LogP contribution in [0.4, 0.5) is 0 Å². The monoisotopic (exact) mass is 213 g/mol. The fraction of sp³-hybridized carbons (Fsp3) is 0.200. The van der Waals surface area contributed by atoms with Gasteiger partial charge in [-0.25, -0.2) is 0 Å². The molecule has 3 heteroatoms. The summed E-state index contributed by atoms with van der Waals surface area (Å²) >= 11 is 0. The topological polar surface area (TPSA) is 44.2 Å². The van der Waals surface area contributed by atoms with Gasteiger partial charge in [-0.15, -0.1) is 0 Å². The predicted octanol–water partition coefficient (Wildman–Crippen LogP) is 2.89. The molecule has 0 aliphatic carbocycles. The van der Waals surface area contributed by atoms with Crippen molar-refractivity contribution in [1.29, 1.82) is 0 Å². The fourth-order valence-corrected chi connectivity index (χ4v) is 1.06. The average molecular weight is 213 g/mol. The number of rotatable bonds is 0. The summed E-state index contributed by atoms with van der Waals surface area (Å²) in [7, 11) is 0. The zero-order valence-corrected chi connectivity index (χ0v) is 8.35. The van der Waals surface area contributed by atoms with E-state index >= 15 is 0 Å². The summed E-state index contributed by atoms with van der Waals surface area (Å²) in [5.74, 6) is 0.991. The van der Waals surface area contributed by atoms with Crippen LogP contribution in [0.3, 0.4) is 0 Å². The van der Waals surface area contributed by atoms with Crippen molar-refractivity contribution in [2.24, 2.45) is 0 Å². The van der Waals surface area contributed by atoms with E-state index in [-0.39, 0.29) is 35.3 Å². The first-order valence-corrected chi connectivity index (χ1v) is 3.35. The minimum atomic E-state index is 0. The van der Waals surface area contributed by atoms with Crippen LogP contribution in [0.25, 0.3) is 6.08 Å². The molecule has 0 amide bonds. The first-order valence-electron chi connectivity index (χ1n) is 3.35. The zero-order chi connectivity index (χ0) is 6.81. The maximum Gasteiger partial charge on any atom is 0.126 e. The van der Waals surface area contributed by atoms with E-state index in [1.54, 1.807) is 0 Å². The van der Waals surface area contributed by atoms with Gasteiger partial charge < -0.3 is 10.9 Å².